The molecule has 0 bridgehead atoms. The van der Waals surface area contributed by atoms with Crippen LogP contribution in [0.3, 0.4) is 0 Å². The molecule has 1 atom stereocenters. The Balaban J connectivity index is 1.48. The quantitative estimate of drug-likeness (QED) is 0.719. The number of rotatable bonds is 5. The molecule has 1 aromatic heterocycles. The van der Waals surface area contributed by atoms with Crippen molar-refractivity contribution in [1.29, 1.82) is 0 Å². The highest BCUT2D eigenvalue weighted by Crippen LogP contribution is 2.40. The number of hydrogen-bond donors (Lipinski definition) is 0. The van der Waals surface area contributed by atoms with E-state index in [1.165, 1.54) is 29.5 Å². The molecule has 1 aromatic carbocycles. The highest BCUT2D eigenvalue weighted by molar-refractivity contribution is 8.00. The summed E-state index contributed by atoms with van der Waals surface area (Å²) >= 11 is 3.37. The molecule has 1 fully saturated rings. The van der Waals surface area contributed by atoms with Gasteiger partial charge in [0.25, 0.3) is 0 Å². The molecule has 0 unspecified atom stereocenters. The zero-order valence-corrected chi connectivity index (χ0v) is 16.9. The number of nitrogens with zero attached hydrogens (tertiary/aromatic N) is 4. The van der Waals surface area contributed by atoms with E-state index in [1.54, 1.807) is 0 Å². The molecule has 2 heterocycles. The molecule has 0 radical (unpaired) electrons. The van der Waals surface area contributed by atoms with Gasteiger partial charge in [-0.05, 0) is 38.3 Å². The van der Waals surface area contributed by atoms with Crippen molar-refractivity contribution >= 4 is 35.1 Å². The van der Waals surface area contributed by atoms with Gasteiger partial charge < -0.3 is 9.47 Å². The van der Waals surface area contributed by atoms with E-state index < -0.39 is 0 Å². The number of para-hydroxylation sites is 1. The summed E-state index contributed by atoms with van der Waals surface area (Å²) in [6, 6.07) is 8.23. The first-order chi connectivity index (χ1) is 12.7. The van der Waals surface area contributed by atoms with Crippen LogP contribution in [0.15, 0.2) is 34.3 Å². The minimum Gasteiger partial charge on any atom is -0.311 e. The fraction of sp³-hybridized carbons (Fsp3) is 0.526. The van der Waals surface area contributed by atoms with E-state index in [9.17, 15) is 4.79 Å². The van der Waals surface area contributed by atoms with Gasteiger partial charge in [-0.15, -0.1) is 22.0 Å². The molecule has 26 heavy (non-hydrogen) atoms. The zero-order valence-electron chi connectivity index (χ0n) is 15.2. The SMILES string of the molecule is CCn1c(SCC(=O)N2CC[C@H](C)Sc3ccccc32)nnc1C1CC1. The van der Waals surface area contributed by atoms with Gasteiger partial charge in [-0.25, -0.2) is 0 Å². The number of carbonyl (C=O) groups is 1. The Morgan fingerprint density at radius 2 is 2.08 bits per heavy atom. The summed E-state index contributed by atoms with van der Waals surface area (Å²) in [4.78, 5) is 16.1. The molecule has 5 nitrogen and oxygen atoms in total. The molecule has 2 aliphatic rings. The van der Waals surface area contributed by atoms with E-state index in [0.717, 1.165) is 36.2 Å². The second-order valence-corrected chi connectivity index (χ2v) is 9.30. The normalized spacial score (nSPS) is 19.9. The van der Waals surface area contributed by atoms with Gasteiger partial charge in [0.2, 0.25) is 5.91 Å². The van der Waals surface area contributed by atoms with Crippen LogP contribution in [0.5, 0.6) is 0 Å². The number of thioether (sulfide) groups is 2. The highest BCUT2D eigenvalue weighted by atomic mass is 32.2. The molecule has 0 saturated heterocycles. The number of carbonyl (C=O) groups excluding carboxylic acids is 1. The Kier molecular flexibility index (Phi) is 5.27. The summed E-state index contributed by atoms with van der Waals surface area (Å²) in [5, 5.41) is 10.1. The monoisotopic (exact) mass is 388 g/mol. The van der Waals surface area contributed by atoms with Crippen LogP contribution in [0.1, 0.15) is 44.9 Å². The van der Waals surface area contributed by atoms with Gasteiger partial charge in [0, 0.05) is 29.2 Å². The third kappa shape index (κ3) is 3.64. The number of anilines is 1. The van der Waals surface area contributed by atoms with E-state index in [-0.39, 0.29) is 5.91 Å². The summed E-state index contributed by atoms with van der Waals surface area (Å²) in [5.74, 6) is 2.21. The average molecular weight is 389 g/mol. The Morgan fingerprint density at radius 1 is 1.27 bits per heavy atom. The molecule has 1 amide bonds. The fourth-order valence-electron chi connectivity index (χ4n) is 3.30. The van der Waals surface area contributed by atoms with E-state index in [0.29, 0.717) is 16.9 Å². The van der Waals surface area contributed by atoms with Crippen LogP contribution < -0.4 is 4.90 Å². The van der Waals surface area contributed by atoms with Gasteiger partial charge in [0.05, 0.1) is 11.4 Å². The van der Waals surface area contributed by atoms with Crippen molar-refractivity contribution in [3.05, 3.63) is 30.1 Å². The highest BCUT2D eigenvalue weighted by Gasteiger charge is 2.30. The Hall–Kier alpha value is -1.47. The minimum absolute atomic E-state index is 0.149. The van der Waals surface area contributed by atoms with Gasteiger partial charge >= 0.3 is 0 Å². The van der Waals surface area contributed by atoms with E-state index in [1.807, 2.05) is 28.8 Å². The van der Waals surface area contributed by atoms with Crippen LogP contribution in [0.4, 0.5) is 5.69 Å². The van der Waals surface area contributed by atoms with Gasteiger partial charge in [-0.3, -0.25) is 4.79 Å². The van der Waals surface area contributed by atoms with Crippen molar-refractivity contribution in [2.45, 2.75) is 60.9 Å². The summed E-state index contributed by atoms with van der Waals surface area (Å²) in [7, 11) is 0. The smallest absolute Gasteiger partial charge is 0.237 e. The molecular weight excluding hydrogens is 364 g/mol. The molecule has 1 saturated carbocycles. The maximum Gasteiger partial charge on any atom is 0.237 e. The molecule has 1 aliphatic heterocycles. The second-order valence-electron chi connectivity index (χ2n) is 6.88. The number of fused-ring (bicyclic) bond motifs is 1. The molecular formula is C19H24N4OS2. The third-order valence-electron chi connectivity index (χ3n) is 4.87. The van der Waals surface area contributed by atoms with Gasteiger partial charge in [-0.1, -0.05) is 30.8 Å². The first-order valence-corrected chi connectivity index (χ1v) is 11.2. The topological polar surface area (TPSA) is 51.0 Å². The maximum absolute atomic E-state index is 13.0. The standard InChI is InChI=1S/C19H24N4OS2/c1-3-22-18(14-8-9-14)20-21-19(22)25-12-17(24)23-11-10-13(2)26-16-7-5-4-6-15(16)23/h4-7,13-14H,3,8-12H2,1-2H3/t13-/m0/s1. The molecule has 138 valence electrons. The van der Waals surface area contributed by atoms with Gasteiger partial charge in [0.15, 0.2) is 5.16 Å². The lowest BCUT2D eigenvalue weighted by molar-refractivity contribution is -0.116. The van der Waals surface area contributed by atoms with Gasteiger partial charge in [-0.2, -0.15) is 0 Å². The van der Waals surface area contributed by atoms with Crippen LogP contribution in [0, 0.1) is 0 Å². The van der Waals surface area contributed by atoms with Crippen LogP contribution >= 0.6 is 23.5 Å². The van der Waals surface area contributed by atoms with Crippen LogP contribution in [-0.4, -0.2) is 38.2 Å². The second kappa shape index (κ2) is 7.64. The first-order valence-electron chi connectivity index (χ1n) is 9.29. The summed E-state index contributed by atoms with van der Waals surface area (Å²) in [6.45, 7) is 5.98. The van der Waals surface area contributed by atoms with Crippen LogP contribution in [-0.2, 0) is 11.3 Å². The predicted octanol–water partition coefficient (Wildman–Crippen LogP) is 4.19. The largest absolute Gasteiger partial charge is 0.311 e. The van der Waals surface area contributed by atoms with Crippen molar-refractivity contribution in [3.63, 3.8) is 0 Å². The van der Waals surface area contributed by atoms with Crippen LogP contribution in [0.2, 0.25) is 0 Å². The van der Waals surface area contributed by atoms with Crippen molar-refractivity contribution in [1.82, 2.24) is 14.8 Å². The van der Waals surface area contributed by atoms with Crippen molar-refractivity contribution in [2.75, 3.05) is 17.2 Å². The van der Waals surface area contributed by atoms with E-state index in [2.05, 4.69) is 40.7 Å². The minimum atomic E-state index is 0.149. The molecule has 7 heteroatoms. The maximum atomic E-state index is 13.0. The molecule has 1 aliphatic carbocycles. The van der Waals surface area contributed by atoms with Crippen molar-refractivity contribution < 1.29 is 4.79 Å². The Bertz CT molecular complexity index is 803. The summed E-state index contributed by atoms with van der Waals surface area (Å²) in [6.07, 6.45) is 3.43. The van der Waals surface area contributed by atoms with E-state index in [4.69, 9.17) is 0 Å². The molecule has 2 aromatic rings. The summed E-state index contributed by atoms with van der Waals surface area (Å²) in [5.41, 5.74) is 1.04. The number of amides is 1. The zero-order chi connectivity index (χ0) is 18.1. The molecule has 4 rings (SSSR count). The summed E-state index contributed by atoms with van der Waals surface area (Å²) < 4.78 is 2.17. The van der Waals surface area contributed by atoms with Crippen LogP contribution in [0.25, 0.3) is 0 Å². The van der Waals surface area contributed by atoms with E-state index >= 15 is 0 Å². The predicted molar refractivity (Wildman–Crippen MR) is 107 cm³/mol. The lowest BCUT2D eigenvalue weighted by atomic mass is 10.2. The third-order valence-corrected chi connectivity index (χ3v) is 7.06. The Morgan fingerprint density at radius 3 is 2.85 bits per heavy atom. The lowest BCUT2D eigenvalue weighted by Crippen LogP contribution is -2.33. The number of benzene rings is 1. The van der Waals surface area contributed by atoms with Crippen molar-refractivity contribution in [3.8, 4) is 0 Å². The molecule has 0 spiro atoms. The first kappa shape index (κ1) is 17.9. The Labute approximate surface area is 162 Å². The molecule has 0 N–H and O–H groups in total. The lowest BCUT2D eigenvalue weighted by Gasteiger charge is -2.22. The number of aromatic nitrogens is 3. The average Bonchev–Trinajstić information content (AvgIpc) is 3.43. The van der Waals surface area contributed by atoms with Gasteiger partial charge in [0.1, 0.15) is 5.82 Å². The number of hydrogen-bond acceptors (Lipinski definition) is 5. The fourth-order valence-corrected chi connectivity index (χ4v) is 5.30. The van der Waals surface area contributed by atoms with Crippen molar-refractivity contribution in [2.24, 2.45) is 0 Å².